The molecule has 0 radical (unpaired) electrons. The van der Waals surface area contributed by atoms with Crippen molar-refractivity contribution >= 4 is 49.6 Å². The minimum absolute atomic E-state index is 0.0265. The first-order valence-corrected chi connectivity index (χ1v) is 11.5. The van der Waals surface area contributed by atoms with E-state index in [0.717, 1.165) is 34.3 Å². The van der Waals surface area contributed by atoms with Crippen molar-refractivity contribution in [1.82, 2.24) is 15.2 Å². The van der Waals surface area contributed by atoms with Crippen molar-refractivity contribution in [2.45, 2.75) is 6.18 Å². The molecule has 6 nitrogen and oxygen atoms in total. The smallest absolute Gasteiger partial charge is 0.397 e. The van der Waals surface area contributed by atoms with Crippen molar-refractivity contribution in [1.29, 1.82) is 0 Å². The van der Waals surface area contributed by atoms with Gasteiger partial charge in [0.25, 0.3) is 5.91 Å². The van der Waals surface area contributed by atoms with E-state index >= 15 is 0 Å². The Hall–Kier alpha value is -3.83. The largest absolute Gasteiger partial charge is 0.417 e. The molecule has 0 unspecified atom stereocenters. The van der Waals surface area contributed by atoms with E-state index in [4.69, 9.17) is 5.73 Å². The van der Waals surface area contributed by atoms with E-state index in [9.17, 15) is 18.0 Å². The van der Waals surface area contributed by atoms with Gasteiger partial charge < -0.3 is 5.73 Å². The summed E-state index contributed by atoms with van der Waals surface area (Å²) in [6.45, 7) is 0. The van der Waals surface area contributed by atoms with Gasteiger partial charge >= 0.3 is 6.18 Å². The molecule has 0 aliphatic rings. The molecule has 0 bridgehead atoms. The molecule has 3 aromatic heterocycles. The van der Waals surface area contributed by atoms with Gasteiger partial charge in [-0.2, -0.15) is 13.2 Å². The molecule has 0 spiro atoms. The van der Waals surface area contributed by atoms with Gasteiger partial charge in [-0.1, -0.05) is 72.0 Å². The van der Waals surface area contributed by atoms with Gasteiger partial charge in [0.2, 0.25) is 5.13 Å². The predicted octanol–water partition coefficient (Wildman–Crippen LogP) is 6.34. The number of nitrogen functional groups attached to an aromatic ring is 1. The Morgan fingerprint density at radius 2 is 1.56 bits per heavy atom. The monoisotopic (exact) mass is 497 g/mol. The minimum Gasteiger partial charge on any atom is -0.397 e. The lowest BCUT2D eigenvalue weighted by Gasteiger charge is -2.11. The van der Waals surface area contributed by atoms with Gasteiger partial charge in [0.05, 0.1) is 16.9 Å². The zero-order chi connectivity index (χ0) is 23.9. The van der Waals surface area contributed by atoms with E-state index < -0.39 is 17.6 Å². The normalized spacial score (nSPS) is 11.6. The number of rotatable bonds is 4. The number of fused-ring (bicyclic) bond motifs is 1. The Labute approximate surface area is 198 Å². The number of alkyl halides is 3. The van der Waals surface area contributed by atoms with Crippen LogP contribution in [0.4, 0.5) is 24.0 Å². The number of benzene rings is 2. The van der Waals surface area contributed by atoms with Crippen LogP contribution in [0.15, 0.2) is 66.7 Å². The highest BCUT2D eigenvalue weighted by molar-refractivity contribution is 7.21. The molecule has 0 aliphatic carbocycles. The van der Waals surface area contributed by atoms with Crippen LogP contribution < -0.4 is 11.1 Å². The van der Waals surface area contributed by atoms with Crippen molar-refractivity contribution < 1.29 is 18.0 Å². The molecule has 0 saturated heterocycles. The average molecular weight is 498 g/mol. The number of thiophene rings is 1. The predicted molar refractivity (Wildman–Crippen MR) is 128 cm³/mol. The van der Waals surface area contributed by atoms with Crippen LogP contribution in [0.3, 0.4) is 0 Å². The summed E-state index contributed by atoms with van der Waals surface area (Å²) in [6, 6.07) is 18.7. The molecule has 170 valence electrons. The van der Waals surface area contributed by atoms with Gasteiger partial charge in [-0.15, -0.1) is 21.5 Å². The number of halogens is 3. The standard InChI is InChI=1S/C23H14F3N5OS2/c24-23(25,26)14-11-15(12-7-3-1-4-8-12)28-21-16(14)17(27)18(33-21)19(32)29-22-31-30-20(34-22)13-9-5-2-6-10-13/h1-11H,27H2,(H,29,31,32). The minimum atomic E-state index is -4.68. The maximum Gasteiger partial charge on any atom is 0.417 e. The fourth-order valence-corrected chi connectivity index (χ4v) is 5.15. The van der Waals surface area contributed by atoms with Crippen LogP contribution >= 0.6 is 22.7 Å². The van der Waals surface area contributed by atoms with E-state index in [1.807, 2.05) is 30.3 Å². The summed E-state index contributed by atoms with van der Waals surface area (Å²) in [5, 5.41) is 11.1. The van der Waals surface area contributed by atoms with Crippen LogP contribution in [0.5, 0.6) is 0 Å². The average Bonchev–Trinajstić information content (AvgIpc) is 3.43. The first-order chi connectivity index (χ1) is 16.3. The summed E-state index contributed by atoms with van der Waals surface area (Å²) in [7, 11) is 0. The number of hydrogen-bond acceptors (Lipinski definition) is 7. The fourth-order valence-electron chi connectivity index (χ4n) is 3.40. The van der Waals surface area contributed by atoms with Crippen molar-refractivity contribution in [3.05, 3.63) is 77.2 Å². The molecule has 5 aromatic rings. The number of hydrogen-bond donors (Lipinski definition) is 2. The van der Waals surface area contributed by atoms with Gasteiger partial charge in [-0.3, -0.25) is 10.1 Å². The summed E-state index contributed by atoms with van der Waals surface area (Å²) in [6.07, 6.45) is -4.68. The second-order valence-corrected chi connectivity index (χ2v) is 9.15. The molecule has 0 saturated carbocycles. The molecule has 3 heterocycles. The second-order valence-electron chi connectivity index (χ2n) is 7.18. The number of aromatic nitrogens is 3. The van der Waals surface area contributed by atoms with Crippen molar-refractivity contribution in [2.75, 3.05) is 11.1 Å². The Kier molecular flexibility index (Phi) is 5.50. The van der Waals surface area contributed by atoms with E-state index in [1.54, 1.807) is 30.3 Å². The molecule has 0 aliphatic heterocycles. The quantitative estimate of drug-likeness (QED) is 0.302. The highest BCUT2D eigenvalue weighted by Crippen LogP contribution is 2.43. The first-order valence-electron chi connectivity index (χ1n) is 9.87. The number of carbonyl (C=O) groups excluding carboxylic acids is 1. The molecule has 11 heteroatoms. The molecule has 5 rings (SSSR count). The lowest BCUT2D eigenvalue weighted by molar-refractivity contribution is -0.136. The number of nitrogens with zero attached hydrogens (tertiary/aromatic N) is 3. The van der Waals surface area contributed by atoms with Gasteiger partial charge in [-0.25, -0.2) is 4.98 Å². The SMILES string of the molecule is Nc1c(C(=O)Nc2nnc(-c3ccccc3)s2)sc2nc(-c3ccccc3)cc(C(F)(F)F)c12. The van der Waals surface area contributed by atoms with E-state index in [2.05, 4.69) is 20.5 Å². The number of nitrogens with one attached hydrogen (secondary N) is 1. The van der Waals surface area contributed by atoms with E-state index in [1.165, 1.54) is 0 Å². The summed E-state index contributed by atoms with van der Waals surface area (Å²) in [5.74, 6) is -0.675. The van der Waals surface area contributed by atoms with Crippen LogP contribution in [-0.2, 0) is 6.18 Å². The highest BCUT2D eigenvalue weighted by atomic mass is 32.1. The topological polar surface area (TPSA) is 93.8 Å². The van der Waals surface area contributed by atoms with Crippen molar-refractivity contribution in [2.24, 2.45) is 0 Å². The Morgan fingerprint density at radius 3 is 2.21 bits per heavy atom. The first kappa shape index (κ1) is 22.0. The lowest BCUT2D eigenvalue weighted by Crippen LogP contribution is -2.12. The van der Waals surface area contributed by atoms with E-state index in [0.29, 0.717) is 10.6 Å². The molecular formula is C23H14F3N5OS2. The summed E-state index contributed by atoms with van der Waals surface area (Å²) in [5.41, 5.74) is 6.34. The van der Waals surface area contributed by atoms with Gasteiger partial charge in [0, 0.05) is 16.5 Å². The maximum atomic E-state index is 13.9. The van der Waals surface area contributed by atoms with Crippen LogP contribution in [-0.4, -0.2) is 21.1 Å². The van der Waals surface area contributed by atoms with E-state index in [-0.39, 0.29) is 31.6 Å². The highest BCUT2D eigenvalue weighted by Gasteiger charge is 2.36. The number of carbonyl (C=O) groups is 1. The number of anilines is 2. The van der Waals surface area contributed by atoms with Crippen LogP contribution in [0.2, 0.25) is 0 Å². The van der Waals surface area contributed by atoms with Gasteiger partial charge in [0.1, 0.15) is 14.7 Å². The van der Waals surface area contributed by atoms with Crippen molar-refractivity contribution in [3.8, 4) is 21.8 Å². The lowest BCUT2D eigenvalue weighted by atomic mass is 10.1. The summed E-state index contributed by atoms with van der Waals surface area (Å²) >= 11 is 1.94. The third-order valence-corrected chi connectivity index (χ3v) is 6.93. The second kappa shape index (κ2) is 8.50. The molecule has 1 amide bonds. The molecule has 0 fully saturated rings. The maximum absolute atomic E-state index is 13.9. The van der Waals surface area contributed by atoms with Crippen LogP contribution in [0.1, 0.15) is 15.2 Å². The Morgan fingerprint density at radius 1 is 0.912 bits per heavy atom. The van der Waals surface area contributed by atoms with Crippen molar-refractivity contribution in [3.63, 3.8) is 0 Å². The summed E-state index contributed by atoms with van der Waals surface area (Å²) < 4.78 is 41.8. The van der Waals surface area contributed by atoms with Gasteiger partial charge in [-0.05, 0) is 6.07 Å². The van der Waals surface area contributed by atoms with Gasteiger partial charge in [0.15, 0.2) is 0 Å². The van der Waals surface area contributed by atoms with Crippen LogP contribution in [0.25, 0.3) is 32.0 Å². The molecule has 34 heavy (non-hydrogen) atoms. The fraction of sp³-hybridized carbons (Fsp3) is 0.0435. The third kappa shape index (κ3) is 4.11. The Balaban J connectivity index is 1.53. The number of amides is 1. The zero-order valence-corrected chi connectivity index (χ0v) is 18.8. The Bertz CT molecular complexity index is 1500. The number of pyridine rings is 1. The third-order valence-electron chi connectivity index (χ3n) is 4.95. The summed E-state index contributed by atoms with van der Waals surface area (Å²) in [4.78, 5) is 17.2. The zero-order valence-electron chi connectivity index (χ0n) is 17.1. The number of nitrogens with two attached hydrogens (primary N) is 1. The molecule has 0 atom stereocenters. The van der Waals surface area contributed by atoms with Crippen LogP contribution in [0, 0.1) is 0 Å². The molecular weight excluding hydrogens is 483 g/mol. The molecule has 3 N–H and O–H groups in total. The molecule has 2 aromatic carbocycles.